The van der Waals surface area contributed by atoms with Crippen LogP contribution in [0.15, 0.2) is 18.2 Å². The van der Waals surface area contributed by atoms with Crippen molar-refractivity contribution < 1.29 is 14.3 Å². The van der Waals surface area contributed by atoms with Gasteiger partial charge in [-0.1, -0.05) is 0 Å². The highest BCUT2D eigenvalue weighted by molar-refractivity contribution is 5.85. The van der Waals surface area contributed by atoms with E-state index in [0.717, 1.165) is 41.9 Å². The number of nitrogens with one attached hydrogen (secondary N) is 2. The second-order valence-corrected chi connectivity index (χ2v) is 5.79. The van der Waals surface area contributed by atoms with E-state index in [1.807, 2.05) is 25.1 Å². The van der Waals surface area contributed by atoms with E-state index in [9.17, 15) is 4.79 Å². The van der Waals surface area contributed by atoms with Crippen LogP contribution in [0.1, 0.15) is 32.0 Å². The Bertz CT molecular complexity index is 674. The number of benzene rings is 1. The van der Waals surface area contributed by atoms with Gasteiger partial charge in [-0.25, -0.2) is 4.98 Å². The number of carbonyl (C=O) groups excluding carboxylic acids is 1. The zero-order chi connectivity index (χ0) is 15.6. The summed E-state index contributed by atoms with van der Waals surface area (Å²) in [4.78, 5) is 20.0. The number of fused-ring (bicyclic) bond motifs is 1. The molecule has 1 aliphatic rings. The van der Waals surface area contributed by atoms with E-state index in [-0.39, 0.29) is 5.91 Å². The number of imidazole rings is 1. The van der Waals surface area contributed by atoms with Crippen molar-refractivity contribution in [3.05, 3.63) is 24.0 Å². The number of amides is 1. The molecule has 1 fully saturated rings. The number of nitrogens with zero attached hydrogens (tertiary/aromatic N) is 1. The van der Waals surface area contributed by atoms with E-state index in [4.69, 9.17) is 9.47 Å². The Morgan fingerprint density at radius 1 is 1.50 bits per heavy atom. The molecule has 2 N–H and O–H groups in total. The highest BCUT2D eigenvalue weighted by Gasteiger charge is 2.35. The van der Waals surface area contributed by atoms with E-state index in [1.54, 1.807) is 7.11 Å². The molecule has 0 bridgehead atoms. The van der Waals surface area contributed by atoms with Gasteiger partial charge in [-0.3, -0.25) is 4.79 Å². The lowest BCUT2D eigenvalue weighted by Gasteiger charge is -2.32. The maximum Gasteiger partial charge on any atom is 0.252 e. The Balaban J connectivity index is 1.67. The van der Waals surface area contributed by atoms with Crippen LogP contribution in [-0.2, 0) is 16.1 Å². The minimum atomic E-state index is -0.715. The number of rotatable bonds is 4. The maximum atomic E-state index is 12.3. The Labute approximate surface area is 129 Å². The monoisotopic (exact) mass is 303 g/mol. The smallest absolute Gasteiger partial charge is 0.252 e. The van der Waals surface area contributed by atoms with Gasteiger partial charge in [-0.15, -0.1) is 0 Å². The van der Waals surface area contributed by atoms with Gasteiger partial charge in [-0.05, 0) is 38.3 Å². The van der Waals surface area contributed by atoms with Crippen LogP contribution < -0.4 is 10.1 Å². The number of H-pyrrole nitrogens is 1. The summed E-state index contributed by atoms with van der Waals surface area (Å²) >= 11 is 0. The molecule has 6 nitrogen and oxygen atoms in total. The fraction of sp³-hybridized carbons (Fsp3) is 0.500. The molecule has 1 amide bonds. The Morgan fingerprint density at radius 3 is 3.09 bits per heavy atom. The van der Waals surface area contributed by atoms with E-state index in [0.29, 0.717) is 13.2 Å². The topological polar surface area (TPSA) is 76.2 Å². The van der Waals surface area contributed by atoms with Gasteiger partial charge in [0.25, 0.3) is 5.91 Å². The lowest BCUT2D eigenvalue weighted by atomic mass is 9.95. The molecule has 0 aliphatic carbocycles. The molecule has 2 aromatic rings. The molecule has 22 heavy (non-hydrogen) atoms. The van der Waals surface area contributed by atoms with E-state index in [2.05, 4.69) is 15.3 Å². The van der Waals surface area contributed by atoms with Crippen molar-refractivity contribution in [2.45, 2.75) is 38.3 Å². The number of hydrogen-bond donors (Lipinski definition) is 2. The summed E-state index contributed by atoms with van der Waals surface area (Å²) in [5.41, 5.74) is 1.03. The first-order chi connectivity index (χ1) is 10.6. The molecule has 3 rings (SSSR count). The molecule has 1 atom stereocenters. The Kier molecular flexibility index (Phi) is 4.02. The van der Waals surface area contributed by atoms with Crippen LogP contribution in [0.4, 0.5) is 0 Å². The summed E-state index contributed by atoms with van der Waals surface area (Å²) < 4.78 is 10.8. The van der Waals surface area contributed by atoms with Gasteiger partial charge in [0.15, 0.2) is 0 Å². The van der Waals surface area contributed by atoms with Gasteiger partial charge in [0.2, 0.25) is 0 Å². The van der Waals surface area contributed by atoms with Crippen molar-refractivity contribution in [2.24, 2.45) is 0 Å². The van der Waals surface area contributed by atoms with E-state index in [1.165, 1.54) is 0 Å². The first-order valence-corrected chi connectivity index (χ1v) is 7.56. The summed E-state index contributed by atoms with van der Waals surface area (Å²) in [6.07, 6.45) is 2.80. The number of aromatic amines is 1. The Hall–Kier alpha value is -2.08. The van der Waals surface area contributed by atoms with E-state index < -0.39 is 5.60 Å². The molecule has 1 aliphatic heterocycles. The van der Waals surface area contributed by atoms with E-state index >= 15 is 0 Å². The minimum absolute atomic E-state index is 0.0785. The molecule has 1 saturated heterocycles. The lowest BCUT2D eigenvalue weighted by molar-refractivity contribution is -0.150. The third kappa shape index (κ3) is 2.92. The molecule has 0 spiro atoms. The van der Waals surface area contributed by atoms with Crippen molar-refractivity contribution in [3.8, 4) is 5.75 Å². The largest absolute Gasteiger partial charge is 0.497 e. The zero-order valence-electron chi connectivity index (χ0n) is 12.9. The number of carbonyl (C=O) groups is 1. The molecule has 0 saturated carbocycles. The molecule has 0 unspecified atom stereocenters. The third-order valence-corrected chi connectivity index (χ3v) is 4.10. The normalized spacial score (nSPS) is 21.7. The molecule has 1 aromatic heterocycles. The Morgan fingerprint density at radius 2 is 2.36 bits per heavy atom. The molecule has 118 valence electrons. The average molecular weight is 303 g/mol. The van der Waals surface area contributed by atoms with Crippen molar-refractivity contribution >= 4 is 16.9 Å². The quantitative estimate of drug-likeness (QED) is 0.907. The van der Waals surface area contributed by atoms with Crippen molar-refractivity contribution in [1.82, 2.24) is 15.3 Å². The molecular weight excluding hydrogens is 282 g/mol. The number of ether oxygens (including phenoxy) is 2. The van der Waals surface area contributed by atoms with Gasteiger partial charge in [0.1, 0.15) is 17.2 Å². The summed E-state index contributed by atoms with van der Waals surface area (Å²) in [6.45, 7) is 2.86. The fourth-order valence-electron chi connectivity index (χ4n) is 2.72. The third-order valence-electron chi connectivity index (χ3n) is 4.10. The first-order valence-electron chi connectivity index (χ1n) is 7.56. The van der Waals surface area contributed by atoms with Gasteiger partial charge in [-0.2, -0.15) is 0 Å². The van der Waals surface area contributed by atoms with Gasteiger partial charge in [0, 0.05) is 12.7 Å². The van der Waals surface area contributed by atoms with Gasteiger partial charge >= 0.3 is 0 Å². The number of hydrogen-bond acceptors (Lipinski definition) is 4. The summed E-state index contributed by atoms with van der Waals surface area (Å²) in [5.74, 6) is 1.41. The summed E-state index contributed by atoms with van der Waals surface area (Å²) in [7, 11) is 1.63. The summed E-state index contributed by atoms with van der Waals surface area (Å²) in [6, 6.07) is 5.64. The minimum Gasteiger partial charge on any atom is -0.497 e. The van der Waals surface area contributed by atoms with Crippen molar-refractivity contribution in [2.75, 3.05) is 13.7 Å². The predicted molar refractivity (Wildman–Crippen MR) is 82.7 cm³/mol. The lowest BCUT2D eigenvalue weighted by Crippen LogP contribution is -2.48. The first kappa shape index (κ1) is 14.8. The van der Waals surface area contributed by atoms with Crippen LogP contribution >= 0.6 is 0 Å². The zero-order valence-corrected chi connectivity index (χ0v) is 12.9. The SMILES string of the molecule is COc1ccc2nc(CNC(=O)[C@@]3(C)CCCCO3)[nH]c2c1. The van der Waals surface area contributed by atoms with Crippen LogP contribution in [0, 0.1) is 0 Å². The number of aromatic nitrogens is 2. The maximum absolute atomic E-state index is 12.3. The molecular formula is C16H21N3O3. The molecule has 0 radical (unpaired) electrons. The van der Waals surface area contributed by atoms with Crippen LogP contribution in [0.2, 0.25) is 0 Å². The molecule has 6 heteroatoms. The highest BCUT2D eigenvalue weighted by Crippen LogP contribution is 2.24. The van der Waals surface area contributed by atoms with Crippen LogP contribution in [0.5, 0.6) is 5.75 Å². The average Bonchev–Trinajstić information content (AvgIpc) is 2.95. The molecule has 1 aromatic carbocycles. The predicted octanol–water partition coefficient (Wildman–Crippen LogP) is 2.15. The van der Waals surface area contributed by atoms with Crippen molar-refractivity contribution in [3.63, 3.8) is 0 Å². The standard InChI is InChI=1S/C16H21N3O3/c1-16(7-3-4-8-22-16)15(20)17-10-14-18-12-6-5-11(21-2)9-13(12)19-14/h5-6,9H,3-4,7-8,10H2,1-2H3,(H,17,20)(H,18,19)/t16-/m1/s1. The second kappa shape index (κ2) is 5.96. The van der Waals surface area contributed by atoms with Gasteiger partial charge < -0.3 is 19.8 Å². The molecule has 2 heterocycles. The highest BCUT2D eigenvalue weighted by atomic mass is 16.5. The fourth-order valence-corrected chi connectivity index (χ4v) is 2.72. The summed E-state index contributed by atoms with van der Waals surface area (Å²) in [5, 5.41) is 2.91. The van der Waals surface area contributed by atoms with Crippen LogP contribution in [0.25, 0.3) is 11.0 Å². The second-order valence-electron chi connectivity index (χ2n) is 5.79. The van der Waals surface area contributed by atoms with Crippen LogP contribution in [-0.4, -0.2) is 35.2 Å². The number of methoxy groups -OCH3 is 1. The van der Waals surface area contributed by atoms with Gasteiger partial charge in [0.05, 0.1) is 24.7 Å². The van der Waals surface area contributed by atoms with Crippen LogP contribution in [0.3, 0.4) is 0 Å². The van der Waals surface area contributed by atoms with Crippen molar-refractivity contribution in [1.29, 1.82) is 0 Å².